The Hall–Kier alpha value is -3.14. The summed E-state index contributed by atoms with van der Waals surface area (Å²) in [4.78, 5) is 25.5. The van der Waals surface area contributed by atoms with E-state index in [1.54, 1.807) is 5.48 Å². The van der Waals surface area contributed by atoms with Gasteiger partial charge in [0.15, 0.2) is 11.5 Å². The maximum absolute atomic E-state index is 11.2. The molecule has 5 rings (SSSR count). The monoisotopic (exact) mass is 581 g/mol. The number of likely N-dealkylation sites (tertiary alicyclic amines) is 1. The molecule has 1 saturated heterocycles. The molecule has 0 aliphatic carbocycles. The summed E-state index contributed by atoms with van der Waals surface area (Å²) >= 11 is 6.26. The van der Waals surface area contributed by atoms with Gasteiger partial charge in [-0.2, -0.15) is 0 Å². The highest BCUT2D eigenvalue weighted by atomic mass is 35.5. The Morgan fingerprint density at radius 2 is 1.66 bits per heavy atom. The number of hydrogen-bond donors (Lipinski definition) is 2. The second kappa shape index (κ2) is 14.7. The lowest BCUT2D eigenvalue weighted by Crippen LogP contribution is -2.34. The smallest absolute Gasteiger partial charge is 0.243 e. The van der Waals surface area contributed by atoms with Crippen molar-refractivity contribution in [3.05, 3.63) is 46.5 Å². The van der Waals surface area contributed by atoms with Crippen LogP contribution in [0.4, 0.5) is 11.4 Å². The predicted molar refractivity (Wildman–Crippen MR) is 161 cm³/mol. The minimum atomic E-state index is -0.347. The van der Waals surface area contributed by atoms with E-state index in [4.69, 9.17) is 36.3 Å². The van der Waals surface area contributed by atoms with Gasteiger partial charge in [0, 0.05) is 23.1 Å². The van der Waals surface area contributed by atoms with Gasteiger partial charge in [0.05, 0.1) is 37.5 Å². The standard InChI is InChI=1S/C31H40ClN5O4/c32-24-12-11-23-21-37-22-33-27-20-29(41-17-9-3-5-13-36-14-6-7-15-36)28(19-25(27)31(37)34-26(23)18-24)40-16-8-2-1-4-10-30(38)35-39/h11-12,18-20,22,39H,1-10,13-17,21H2,(H,35,38). The van der Waals surface area contributed by atoms with E-state index in [1.807, 2.05) is 41.6 Å². The van der Waals surface area contributed by atoms with Crippen molar-refractivity contribution in [2.75, 3.05) is 32.8 Å². The molecule has 0 bridgehead atoms. The lowest BCUT2D eigenvalue weighted by molar-refractivity contribution is -0.129. The number of aliphatic imine (C=N–C) groups is 2. The first-order valence-electron chi connectivity index (χ1n) is 14.9. The third-order valence-electron chi connectivity index (χ3n) is 7.78. The van der Waals surface area contributed by atoms with Gasteiger partial charge in [0.25, 0.3) is 0 Å². The Balaban J connectivity index is 1.24. The molecular weight excluding hydrogens is 542 g/mol. The van der Waals surface area contributed by atoms with E-state index in [1.165, 1.54) is 38.9 Å². The van der Waals surface area contributed by atoms with Gasteiger partial charge in [-0.15, -0.1) is 0 Å². The van der Waals surface area contributed by atoms with Gasteiger partial charge in [-0.05, 0) is 88.3 Å². The summed E-state index contributed by atoms with van der Waals surface area (Å²) < 4.78 is 12.5. The molecule has 2 aromatic rings. The molecule has 1 fully saturated rings. The van der Waals surface area contributed by atoms with Crippen molar-refractivity contribution in [3.63, 3.8) is 0 Å². The van der Waals surface area contributed by atoms with Crippen LogP contribution in [0, 0.1) is 0 Å². The van der Waals surface area contributed by atoms with Crippen molar-refractivity contribution in [3.8, 4) is 11.5 Å². The topological polar surface area (TPSA) is 99.0 Å². The molecule has 41 heavy (non-hydrogen) atoms. The Kier molecular flexibility index (Phi) is 10.5. The SMILES string of the molecule is O=C(CCCCCCOc1cc2c(cc1OCCCCCN1CCCC1)N=CN1Cc3ccc(Cl)cc3N=C21)NO. The Bertz CT molecular complexity index is 1260. The number of fused-ring (bicyclic) bond motifs is 4. The summed E-state index contributed by atoms with van der Waals surface area (Å²) in [6.45, 7) is 5.51. The van der Waals surface area contributed by atoms with Gasteiger partial charge < -0.3 is 19.3 Å². The van der Waals surface area contributed by atoms with E-state index in [-0.39, 0.29) is 5.91 Å². The van der Waals surface area contributed by atoms with Crippen LogP contribution in [-0.2, 0) is 11.3 Å². The highest BCUT2D eigenvalue weighted by Gasteiger charge is 2.27. The molecule has 0 radical (unpaired) electrons. The maximum Gasteiger partial charge on any atom is 0.243 e. The molecule has 0 spiro atoms. The number of hydroxylamine groups is 1. The number of carbonyl (C=O) groups is 1. The van der Waals surface area contributed by atoms with Gasteiger partial charge in [0.2, 0.25) is 5.91 Å². The molecule has 0 aromatic heterocycles. The number of nitrogens with one attached hydrogen (secondary N) is 1. The number of halogens is 1. The summed E-state index contributed by atoms with van der Waals surface area (Å²) in [6.07, 6.45) is 11.6. The number of hydrogen-bond acceptors (Lipinski definition) is 8. The zero-order chi connectivity index (χ0) is 28.4. The Morgan fingerprint density at radius 1 is 0.927 bits per heavy atom. The minimum Gasteiger partial charge on any atom is -0.490 e. The van der Waals surface area contributed by atoms with E-state index < -0.39 is 0 Å². The molecule has 9 nitrogen and oxygen atoms in total. The first-order valence-corrected chi connectivity index (χ1v) is 15.3. The minimum absolute atomic E-state index is 0.325. The molecule has 220 valence electrons. The highest BCUT2D eigenvalue weighted by Crippen LogP contribution is 2.40. The van der Waals surface area contributed by atoms with Crippen LogP contribution in [0.5, 0.6) is 11.5 Å². The van der Waals surface area contributed by atoms with E-state index in [0.29, 0.717) is 42.7 Å². The fraction of sp³-hybridized carbons (Fsp3) is 0.516. The molecule has 0 saturated carbocycles. The van der Waals surface area contributed by atoms with Crippen molar-refractivity contribution in [1.29, 1.82) is 0 Å². The second-order valence-electron chi connectivity index (χ2n) is 10.9. The number of amides is 1. The van der Waals surface area contributed by atoms with Crippen LogP contribution < -0.4 is 15.0 Å². The molecule has 10 heteroatoms. The van der Waals surface area contributed by atoms with Crippen molar-refractivity contribution >= 4 is 41.1 Å². The molecule has 3 heterocycles. The van der Waals surface area contributed by atoms with Crippen LogP contribution in [0.1, 0.15) is 75.3 Å². The van der Waals surface area contributed by atoms with Crippen molar-refractivity contribution in [2.45, 2.75) is 70.8 Å². The lowest BCUT2D eigenvalue weighted by atomic mass is 10.0. The van der Waals surface area contributed by atoms with Gasteiger partial charge >= 0.3 is 0 Å². The van der Waals surface area contributed by atoms with Crippen LogP contribution in [0.15, 0.2) is 40.3 Å². The zero-order valence-electron chi connectivity index (χ0n) is 23.6. The summed E-state index contributed by atoms with van der Waals surface area (Å²) in [5.74, 6) is 1.87. The molecule has 3 aliphatic rings. The molecule has 1 amide bonds. The number of benzene rings is 2. The lowest BCUT2D eigenvalue weighted by Gasteiger charge is -2.31. The number of nitrogens with zero attached hydrogens (tertiary/aromatic N) is 4. The third-order valence-corrected chi connectivity index (χ3v) is 8.02. The van der Waals surface area contributed by atoms with Crippen LogP contribution in [-0.4, -0.2) is 65.9 Å². The van der Waals surface area contributed by atoms with Crippen molar-refractivity contribution < 1.29 is 19.5 Å². The van der Waals surface area contributed by atoms with Crippen LogP contribution >= 0.6 is 11.6 Å². The molecule has 2 aromatic carbocycles. The van der Waals surface area contributed by atoms with E-state index in [0.717, 1.165) is 66.9 Å². The normalized spacial score (nSPS) is 15.7. The molecule has 0 atom stereocenters. The van der Waals surface area contributed by atoms with E-state index in [9.17, 15) is 4.79 Å². The number of unbranched alkanes of at least 4 members (excludes halogenated alkanes) is 5. The van der Waals surface area contributed by atoms with Gasteiger partial charge in [-0.25, -0.2) is 15.5 Å². The summed E-state index contributed by atoms with van der Waals surface area (Å²) in [5.41, 5.74) is 5.37. The maximum atomic E-state index is 11.2. The first-order chi connectivity index (χ1) is 20.1. The number of carbonyl (C=O) groups excluding carboxylic acids is 1. The molecule has 2 N–H and O–H groups in total. The van der Waals surface area contributed by atoms with Crippen molar-refractivity contribution in [1.82, 2.24) is 15.3 Å². The molecule has 0 unspecified atom stereocenters. The van der Waals surface area contributed by atoms with E-state index >= 15 is 0 Å². The van der Waals surface area contributed by atoms with Crippen LogP contribution in [0.25, 0.3) is 0 Å². The molecule has 3 aliphatic heterocycles. The summed E-state index contributed by atoms with van der Waals surface area (Å²) in [5, 5.41) is 9.30. The Labute approximate surface area is 247 Å². The molecular formula is C31H40ClN5O4. The highest BCUT2D eigenvalue weighted by molar-refractivity contribution is 6.31. The van der Waals surface area contributed by atoms with Crippen molar-refractivity contribution in [2.24, 2.45) is 9.98 Å². The number of rotatable bonds is 15. The van der Waals surface area contributed by atoms with E-state index in [2.05, 4.69) is 4.90 Å². The van der Waals surface area contributed by atoms with Crippen LogP contribution in [0.3, 0.4) is 0 Å². The van der Waals surface area contributed by atoms with Gasteiger partial charge in [-0.1, -0.05) is 30.5 Å². The first kappa shape index (κ1) is 29.4. The summed E-state index contributed by atoms with van der Waals surface area (Å²) in [7, 11) is 0. The number of ether oxygens (including phenoxy) is 2. The van der Waals surface area contributed by atoms with Crippen LogP contribution in [0.2, 0.25) is 5.02 Å². The Morgan fingerprint density at radius 3 is 2.44 bits per heavy atom. The average Bonchev–Trinajstić information content (AvgIpc) is 3.51. The van der Waals surface area contributed by atoms with Gasteiger partial charge in [-0.3, -0.25) is 10.0 Å². The quantitative estimate of drug-likeness (QED) is 0.144. The fourth-order valence-corrected chi connectivity index (χ4v) is 5.66. The summed E-state index contributed by atoms with van der Waals surface area (Å²) in [6, 6.07) is 9.76. The fourth-order valence-electron chi connectivity index (χ4n) is 5.50. The largest absolute Gasteiger partial charge is 0.490 e. The number of amidine groups is 1. The van der Waals surface area contributed by atoms with Gasteiger partial charge in [0.1, 0.15) is 5.84 Å². The zero-order valence-corrected chi connectivity index (χ0v) is 24.4. The third kappa shape index (κ3) is 7.99. The average molecular weight is 582 g/mol. The second-order valence-corrected chi connectivity index (χ2v) is 11.3. The predicted octanol–water partition coefficient (Wildman–Crippen LogP) is 6.39.